The fourth-order valence-corrected chi connectivity index (χ4v) is 1.62. The van der Waals surface area contributed by atoms with Crippen LogP contribution in [0.15, 0.2) is 24.8 Å². The van der Waals surface area contributed by atoms with Crippen LogP contribution in [-0.4, -0.2) is 47.9 Å². The maximum Gasteiger partial charge on any atom is 0.133 e. The molecule has 0 aromatic carbocycles. The molecule has 2 heterocycles. The van der Waals surface area contributed by atoms with Gasteiger partial charge in [0.2, 0.25) is 0 Å². The van der Waals surface area contributed by atoms with Crippen molar-refractivity contribution in [3.05, 3.63) is 30.4 Å². The summed E-state index contributed by atoms with van der Waals surface area (Å²) in [5.41, 5.74) is 1.20. The van der Waals surface area contributed by atoms with E-state index < -0.39 is 0 Å². The predicted octanol–water partition coefficient (Wildman–Crippen LogP) is 0.945. The predicted molar refractivity (Wildman–Crippen MR) is 71.9 cm³/mol. The minimum atomic E-state index is 0.892. The molecule has 96 valence electrons. The highest BCUT2D eigenvalue weighted by molar-refractivity contribution is 5.48. The highest BCUT2D eigenvalue weighted by Gasteiger charge is 2.06. The van der Waals surface area contributed by atoms with E-state index in [0.717, 1.165) is 24.6 Å². The second kappa shape index (κ2) is 5.48. The van der Waals surface area contributed by atoms with Crippen LogP contribution >= 0.6 is 0 Å². The summed E-state index contributed by atoms with van der Waals surface area (Å²) < 4.78 is 0. The average molecular weight is 246 g/mol. The number of nitrogens with one attached hydrogen (secondary N) is 1. The lowest BCUT2D eigenvalue weighted by Crippen LogP contribution is -2.22. The lowest BCUT2D eigenvalue weighted by Gasteiger charge is -2.19. The highest BCUT2D eigenvalue weighted by Crippen LogP contribution is 2.14. The molecule has 0 bridgehead atoms. The Morgan fingerprint density at radius 1 is 1.17 bits per heavy atom. The second-order valence-corrected chi connectivity index (χ2v) is 4.41. The molecule has 2 aromatic heterocycles. The van der Waals surface area contributed by atoms with Gasteiger partial charge in [-0.2, -0.15) is 5.10 Å². The molecule has 0 amide bonds. The largest absolute Gasteiger partial charge is 0.363 e. The maximum atomic E-state index is 4.29. The Hall–Kier alpha value is -2.11. The molecule has 0 aliphatic carbocycles. The number of nitrogens with zero attached hydrogens (tertiary/aromatic N) is 5. The van der Waals surface area contributed by atoms with Gasteiger partial charge in [0.25, 0.3) is 0 Å². The molecule has 18 heavy (non-hydrogen) atoms. The van der Waals surface area contributed by atoms with Crippen molar-refractivity contribution in [2.24, 2.45) is 0 Å². The molecule has 0 radical (unpaired) electrons. The van der Waals surface area contributed by atoms with E-state index in [1.54, 1.807) is 6.33 Å². The van der Waals surface area contributed by atoms with Gasteiger partial charge in [0.1, 0.15) is 18.0 Å². The first-order valence-electron chi connectivity index (χ1n) is 5.85. The molecule has 0 aliphatic heterocycles. The number of hydrogen-bond acceptors (Lipinski definition) is 5. The summed E-state index contributed by atoms with van der Waals surface area (Å²) in [4.78, 5) is 12.6. The van der Waals surface area contributed by atoms with Crippen LogP contribution in [0.2, 0.25) is 0 Å². The lowest BCUT2D eigenvalue weighted by molar-refractivity contribution is 0.854. The van der Waals surface area contributed by atoms with Crippen molar-refractivity contribution >= 4 is 11.6 Å². The number of H-pyrrole nitrogens is 1. The van der Waals surface area contributed by atoms with Crippen molar-refractivity contribution in [1.29, 1.82) is 0 Å². The first kappa shape index (κ1) is 12.3. The Morgan fingerprint density at radius 3 is 2.61 bits per heavy atom. The van der Waals surface area contributed by atoms with Gasteiger partial charge in [-0.25, -0.2) is 9.97 Å². The summed E-state index contributed by atoms with van der Waals surface area (Å²) in [5.74, 6) is 1.84. The van der Waals surface area contributed by atoms with Crippen molar-refractivity contribution < 1.29 is 0 Å². The standard InChI is InChI=1S/C12H18N6/c1-17(2)11-6-12(14-9-13-11)18(3)5-4-10-7-15-16-8-10/h6-9H,4-5H2,1-3H3,(H,15,16). The molecule has 0 saturated heterocycles. The van der Waals surface area contributed by atoms with E-state index in [2.05, 4.69) is 25.1 Å². The monoisotopic (exact) mass is 246 g/mol. The fraction of sp³-hybridized carbons (Fsp3) is 0.417. The molecule has 1 N–H and O–H groups in total. The van der Waals surface area contributed by atoms with E-state index >= 15 is 0 Å². The van der Waals surface area contributed by atoms with Crippen LogP contribution in [-0.2, 0) is 6.42 Å². The third kappa shape index (κ3) is 2.97. The zero-order chi connectivity index (χ0) is 13.0. The Morgan fingerprint density at radius 2 is 1.94 bits per heavy atom. The number of anilines is 2. The summed E-state index contributed by atoms with van der Waals surface area (Å²) in [7, 11) is 5.97. The molecule has 0 saturated carbocycles. The van der Waals surface area contributed by atoms with E-state index in [0.29, 0.717) is 0 Å². The summed E-state index contributed by atoms with van der Waals surface area (Å²) in [6.07, 6.45) is 6.30. The smallest absolute Gasteiger partial charge is 0.133 e. The molecular formula is C12H18N6. The van der Waals surface area contributed by atoms with E-state index in [-0.39, 0.29) is 0 Å². The fourth-order valence-electron chi connectivity index (χ4n) is 1.62. The topological polar surface area (TPSA) is 60.9 Å². The zero-order valence-corrected chi connectivity index (χ0v) is 11.0. The summed E-state index contributed by atoms with van der Waals surface area (Å²) >= 11 is 0. The van der Waals surface area contributed by atoms with Gasteiger partial charge in [0.05, 0.1) is 6.20 Å². The average Bonchev–Trinajstić information content (AvgIpc) is 2.89. The second-order valence-electron chi connectivity index (χ2n) is 4.41. The number of aromatic amines is 1. The number of aromatic nitrogens is 4. The van der Waals surface area contributed by atoms with Crippen molar-refractivity contribution in [2.75, 3.05) is 37.5 Å². The van der Waals surface area contributed by atoms with E-state index in [1.165, 1.54) is 5.56 Å². The van der Waals surface area contributed by atoms with Crippen LogP contribution < -0.4 is 9.80 Å². The molecule has 6 nitrogen and oxygen atoms in total. The minimum absolute atomic E-state index is 0.892. The van der Waals surface area contributed by atoms with Crippen LogP contribution in [0.3, 0.4) is 0 Å². The molecule has 0 spiro atoms. The molecule has 2 aromatic rings. The summed E-state index contributed by atoms with van der Waals surface area (Å²) in [6.45, 7) is 0.892. The first-order chi connectivity index (χ1) is 8.66. The Balaban J connectivity index is 1.99. The molecule has 2 rings (SSSR count). The van der Waals surface area contributed by atoms with Gasteiger partial charge in [0, 0.05) is 40.0 Å². The zero-order valence-electron chi connectivity index (χ0n) is 11.0. The molecule has 0 atom stereocenters. The minimum Gasteiger partial charge on any atom is -0.363 e. The van der Waals surface area contributed by atoms with E-state index in [4.69, 9.17) is 0 Å². The molecule has 0 unspecified atom stereocenters. The van der Waals surface area contributed by atoms with Gasteiger partial charge in [-0.15, -0.1) is 0 Å². The Labute approximate surface area is 107 Å². The van der Waals surface area contributed by atoms with Gasteiger partial charge in [0.15, 0.2) is 0 Å². The van der Waals surface area contributed by atoms with Gasteiger partial charge in [-0.1, -0.05) is 0 Å². The number of rotatable bonds is 5. The van der Waals surface area contributed by atoms with E-state index in [9.17, 15) is 0 Å². The molecule has 0 aliphatic rings. The van der Waals surface area contributed by atoms with Crippen LogP contribution in [0.5, 0.6) is 0 Å². The van der Waals surface area contributed by atoms with Crippen molar-refractivity contribution in [2.45, 2.75) is 6.42 Å². The van der Waals surface area contributed by atoms with Crippen LogP contribution in [0, 0.1) is 0 Å². The third-order valence-electron chi connectivity index (χ3n) is 2.78. The third-order valence-corrected chi connectivity index (χ3v) is 2.78. The van der Waals surface area contributed by atoms with Gasteiger partial charge in [-0.05, 0) is 12.0 Å². The highest BCUT2D eigenvalue weighted by atomic mass is 15.2. The van der Waals surface area contributed by atoms with E-state index in [1.807, 2.05) is 44.5 Å². The normalized spacial score (nSPS) is 10.4. The Bertz CT molecular complexity index is 479. The molecular weight excluding hydrogens is 228 g/mol. The molecule has 0 fully saturated rings. The quantitative estimate of drug-likeness (QED) is 0.851. The van der Waals surface area contributed by atoms with Gasteiger partial charge in [-0.3, -0.25) is 5.10 Å². The maximum absolute atomic E-state index is 4.29. The van der Waals surface area contributed by atoms with Crippen molar-refractivity contribution in [3.8, 4) is 0 Å². The number of hydrogen-bond donors (Lipinski definition) is 1. The lowest BCUT2D eigenvalue weighted by atomic mass is 10.2. The van der Waals surface area contributed by atoms with Crippen molar-refractivity contribution in [1.82, 2.24) is 20.2 Å². The number of likely N-dealkylation sites (N-methyl/N-ethyl adjacent to an activating group) is 1. The van der Waals surface area contributed by atoms with Gasteiger partial charge < -0.3 is 9.80 Å². The van der Waals surface area contributed by atoms with Crippen LogP contribution in [0.1, 0.15) is 5.56 Å². The van der Waals surface area contributed by atoms with Gasteiger partial charge >= 0.3 is 0 Å². The summed E-state index contributed by atoms with van der Waals surface area (Å²) in [6, 6.07) is 1.98. The van der Waals surface area contributed by atoms with Crippen LogP contribution in [0.25, 0.3) is 0 Å². The SMILES string of the molecule is CN(C)c1cc(N(C)CCc2cn[nH]c2)ncn1. The van der Waals surface area contributed by atoms with Crippen molar-refractivity contribution in [3.63, 3.8) is 0 Å². The first-order valence-corrected chi connectivity index (χ1v) is 5.85. The van der Waals surface area contributed by atoms with Crippen LogP contribution in [0.4, 0.5) is 11.6 Å². The summed E-state index contributed by atoms with van der Waals surface area (Å²) in [5, 5.41) is 6.75. The Kier molecular flexibility index (Phi) is 3.76. The molecule has 6 heteroatoms.